The van der Waals surface area contributed by atoms with E-state index < -0.39 is 0 Å². The van der Waals surface area contributed by atoms with Gasteiger partial charge in [0.15, 0.2) is 0 Å². The van der Waals surface area contributed by atoms with Gasteiger partial charge >= 0.3 is 0 Å². The maximum absolute atomic E-state index is 6.02. The van der Waals surface area contributed by atoms with Crippen molar-refractivity contribution < 1.29 is 0 Å². The van der Waals surface area contributed by atoms with Gasteiger partial charge in [0.2, 0.25) is 0 Å². The van der Waals surface area contributed by atoms with E-state index in [2.05, 4.69) is 26.5 Å². The number of rotatable bonds is 3. The molecule has 1 aromatic heterocycles. The summed E-state index contributed by atoms with van der Waals surface area (Å²) >= 11 is 9.44. The molecule has 0 spiro atoms. The number of nitrogens with one attached hydrogen (secondary N) is 1. The number of halogens is 2. The van der Waals surface area contributed by atoms with Gasteiger partial charge in [0.1, 0.15) is 0 Å². The normalized spacial score (nSPS) is 12.7. The van der Waals surface area contributed by atoms with Crippen LogP contribution in [0.5, 0.6) is 0 Å². The van der Waals surface area contributed by atoms with Gasteiger partial charge in [0, 0.05) is 28.3 Å². The van der Waals surface area contributed by atoms with Gasteiger partial charge in [-0.15, -0.1) is 0 Å². The van der Waals surface area contributed by atoms with Crippen LogP contribution in [0.1, 0.15) is 17.2 Å². The minimum absolute atomic E-state index is 0.126. The van der Waals surface area contributed by atoms with E-state index in [1.807, 2.05) is 31.4 Å². The first-order valence-electron chi connectivity index (χ1n) is 5.01. The lowest BCUT2D eigenvalue weighted by atomic mass is 10.0. The van der Waals surface area contributed by atoms with Crippen LogP contribution in [0.4, 0.5) is 0 Å². The third-order valence-corrected chi connectivity index (χ3v) is 3.12. The van der Waals surface area contributed by atoms with Crippen LogP contribution >= 0.6 is 27.5 Å². The largest absolute Gasteiger partial charge is 0.275 e. The fourth-order valence-corrected chi connectivity index (χ4v) is 2.60. The molecule has 2 rings (SSSR count). The Hall–Kier alpha value is -0.880. The highest BCUT2D eigenvalue weighted by Crippen LogP contribution is 2.27. The Labute approximate surface area is 113 Å². The van der Waals surface area contributed by atoms with E-state index in [0.29, 0.717) is 5.02 Å². The van der Waals surface area contributed by atoms with E-state index in [1.54, 1.807) is 10.9 Å². The summed E-state index contributed by atoms with van der Waals surface area (Å²) in [5.74, 6) is 5.60. The lowest BCUT2D eigenvalue weighted by Gasteiger charge is -2.15. The zero-order valence-electron chi connectivity index (χ0n) is 9.19. The molecule has 1 atom stereocenters. The summed E-state index contributed by atoms with van der Waals surface area (Å²) in [6.45, 7) is 0. The van der Waals surface area contributed by atoms with Crippen LogP contribution in [0.2, 0.25) is 5.02 Å². The molecule has 0 aliphatic carbocycles. The summed E-state index contributed by atoms with van der Waals surface area (Å²) in [6.07, 6.45) is 3.69. The van der Waals surface area contributed by atoms with Crippen molar-refractivity contribution in [2.75, 3.05) is 0 Å². The van der Waals surface area contributed by atoms with Crippen LogP contribution in [0.3, 0.4) is 0 Å². The summed E-state index contributed by atoms with van der Waals surface area (Å²) in [5.41, 5.74) is 4.75. The third-order valence-electron chi connectivity index (χ3n) is 2.44. The van der Waals surface area contributed by atoms with Crippen molar-refractivity contribution in [3.63, 3.8) is 0 Å². The van der Waals surface area contributed by atoms with Crippen LogP contribution in [0, 0.1) is 0 Å². The Kier molecular flexibility index (Phi) is 3.83. The van der Waals surface area contributed by atoms with Crippen molar-refractivity contribution in [1.82, 2.24) is 15.2 Å². The molecule has 1 unspecified atom stereocenters. The van der Waals surface area contributed by atoms with Crippen LogP contribution in [-0.2, 0) is 7.05 Å². The van der Waals surface area contributed by atoms with Crippen molar-refractivity contribution >= 4 is 27.5 Å². The topological polar surface area (TPSA) is 55.9 Å². The highest BCUT2D eigenvalue weighted by molar-refractivity contribution is 9.10. The Balaban J connectivity index is 2.41. The number of benzene rings is 1. The second-order valence-corrected chi connectivity index (χ2v) is 5.10. The molecule has 0 amide bonds. The molecule has 0 fully saturated rings. The van der Waals surface area contributed by atoms with Crippen LogP contribution in [0.15, 0.2) is 35.1 Å². The summed E-state index contributed by atoms with van der Waals surface area (Å²) in [4.78, 5) is 0. The molecule has 0 bridgehead atoms. The first-order valence-corrected chi connectivity index (χ1v) is 6.18. The average Bonchev–Trinajstić information content (AvgIpc) is 2.64. The van der Waals surface area contributed by atoms with E-state index >= 15 is 0 Å². The zero-order chi connectivity index (χ0) is 12.4. The van der Waals surface area contributed by atoms with Crippen molar-refractivity contribution in [2.24, 2.45) is 12.9 Å². The highest BCUT2D eigenvalue weighted by Gasteiger charge is 2.15. The molecule has 90 valence electrons. The lowest BCUT2D eigenvalue weighted by molar-refractivity contribution is 0.635. The summed E-state index contributed by atoms with van der Waals surface area (Å²) in [5, 5.41) is 4.80. The fraction of sp³-hybridized carbons (Fsp3) is 0.182. The Morgan fingerprint density at radius 2 is 2.18 bits per heavy atom. The molecular weight excluding hydrogens is 304 g/mol. The van der Waals surface area contributed by atoms with Gasteiger partial charge in [-0.3, -0.25) is 10.5 Å². The van der Waals surface area contributed by atoms with Gasteiger partial charge in [-0.2, -0.15) is 5.10 Å². The Morgan fingerprint density at radius 1 is 1.41 bits per heavy atom. The van der Waals surface area contributed by atoms with Gasteiger partial charge in [-0.25, -0.2) is 5.43 Å². The maximum Gasteiger partial charge on any atom is 0.0741 e. The van der Waals surface area contributed by atoms with E-state index in [-0.39, 0.29) is 6.04 Å². The molecular formula is C11H12BrClN4. The first-order chi connectivity index (χ1) is 8.10. The molecule has 0 radical (unpaired) electrons. The molecule has 6 heteroatoms. The Bertz CT molecular complexity index is 506. The predicted octanol–water partition coefficient (Wildman–Crippen LogP) is 2.39. The standard InChI is InChI=1S/C11H12BrClN4/c1-17-6-8(5-15-17)11(16-14)7-2-9(12)4-10(13)3-7/h2-6,11,16H,14H2,1H3. The van der Waals surface area contributed by atoms with Crippen molar-refractivity contribution in [3.05, 3.63) is 51.2 Å². The number of hydrazine groups is 1. The van der Waals surface area contributed by atoms with Gasteiger partial charge in [-0.05, 0) is 23.8 Å². The molecule has 0 aliphatic rings. The highest BCUT2D eigenvalue weighted by atomic mass is 79.9. The van der Waals surface area contributed by atoms with Crippen molar-refractivity contribution in [1.29, 1.82) is 0 Å². The molecule has 0 saturated heterocycles. The van der Waals surface area contributed by atoms with Crippen LogP contribution in [-0.4, -0.2) is 9.78 Å². The second kappa shape index (κ2) is 5.18. The average molecular weight is 316 g/mol. The number of hydrogen-bond acceptors (Lipinski definition) is 3. The summed E-state index contributed by atoms with van der Waals surface area (Å²) < 4.78 is 2.66. The summed E-state index contributed by atoms with van der Waals surface area (Å²) in [7, 11) is 1.87. The molecule has 3 N–H and O–H groups in total. The van der Waals surface area contributed by atoms with E-state index in [4.69, 9.17) is 17.4 Å². The van der Waals surface area contributed by atoms with Crippen molar-refractivity contribution in [3.8, 4) is 0 Å². The number of hydrogen-bond donors (Lipinski definition) is 2. The fourth-order valence-electron chi connectivity index (χ4n) is 1.72. The smallest absolute Gasteiger partial charge is 0.0741 e. The van der Waals surface area contributed by atoms with Crippen LogP contribution in [0.25, 0.3) is 0 Å². The number of nitrogens with zero attached hydrogens (tertiary/aromatic N) is 2. The first kappa shape index (κ1) is 12.6. The van der Waals surface area contributed by atoms with E-state index in [1.165, 1.54) is 0 Å². The lowest BCUT2D eigenvalue weighted by Crippen LogP contribution is -2.28. The number of nitrogens with two attached hydrogens (primary N) is 1. The molecule has 0 saturated carbocycles. The quantitative estimate of drug-likeness (QED) is 0.675. The third kappa shape index (κ3) is 2.87. The minimum Gasteiger partial charge on any atom is -0.275 e. The molecule has 4 nitrogen and oxygen atoms in total. The van der Waals surface area contributed by atoms with E-state index in [9.17, 15) is 0 Å². The molecule has 2 aromatic rings. The number of aryl methyl sites for hydroxylation is 1. The monoisotopic (exact) mass is 314 g/mol. The van der Waals surface area contributed by atoms with Gasteiger partial charge in [-0.1, -0.05) is 27.5 Å². The zero-order valence-corrected chi connectivity index (χ0v) is 11.5. The van der Waals surface area contributed by atoms with Gasteiger partial charge in [0.25, 0.3) is 0 Å². The Morgan fingerprint density at radius 3 is 2.71 bits per heavy atom. The van der Waals surface area contributed by atoms with Gasteiger partial charge in [0.05, 0.1) is 12.2 Å². The van der Waals surface area contributed by atoms with Crippen LogP contribution < -0.4 is 11.3 Å². The SMILES string of the molecule is Cn1cc(C(NN)c2cc(Cl)cc(Br)c2)cn1. The maximum atomic E-state index is 6.02. The van der Waals surface area contributed by atoms with Crippen molar-refractivity contribution in [2.45, 2.75) is 6.04 Å². The molecule has 1 heterocycles. The van der Waals surface area contributed by atoms with E-state index in [0.717, 1.165) is 15.6 Å². The molecule has 1 aromatic carbocycles. The molecule has 17 heavy (non-hydrogen) atoms. The van der Waals surface area contributed by atoms with Gasteiger partial charge < -0.3 is 0 Å². The second-order valence-electron chi connectivity index (χ2n) is 3.75. The minimum atomic E-state index is -0.126. The summed E-state index contributed by atoms with van der Waals surface area (Å²) in [6, 6.07) is 5.56. The predicted molar refractivity (Wildman–Crippen MR) is 71.5 cm³/mol. The number of aromatic nitrogens is 2. The molecule has 0 aliphatic heterocycles.